The van der Waals surface area contributed by atoms with Gasteiger partial charge < -0.3 is 9.64 Å². The Hall–Kier alpha value is -2.37. The van der Waals surface area contributed by atoms with Crippen LogP contribution in [0.3, 0.4) is 0 Å². The van der Waals surface area contributed by atoms with E-state index in [0.29, 0.717) is 24.8 Å². The Kier molecular flexibility index (Phi) is 4.66. The highest BCUT2D eigenvalue weighted by Crippen LogP contribution is 2.49. The van der Waals surface area contributed by atoms with E-state index in [0.717, 1.165) is 38.8 Å². The minimum absolute atomic E-state index is 0.258. The van der Waals surface area contributed by atoms with E-state index in [1.807, 2.05) is 21.8 Å². The number of hydrogen-bond donors (Lipinski definition) is 0. The number of likely N-dealkylation sites (tertiary alicyclic amines) is 1. The van der Waals surface area contributed by atoms with Crippen molar-refractivity contribution in [3.63, 3.8) is 0 Å². The van der Waals surface area contributed by atoms with E-state index in [-0.39, 0.29) is 17.1 Å². The number of hydrogen-bond acceptors (Lipinski definition) is 3. The summed E-state index contributed by atoms with van der Waals surface area (Å²) in [4.78, 5) is 15.1. The number of aromatic nitrogens is 2. The van der Waals surface area contributed by atoms with Gasteiger partial charge in [0.05, 0.1) is 18.6 Å². The van der Waals surface area contributed by atoms with E-state index in [9.17, 15) is 9.18 Å². The van der Waals surface area contributed by atoms with Gasteiger partial charge in [0, 0.05) is 31.4 Å². The molecule has 1 saturated carbocycles. The lowest BCUT2D eigenvalue weighted by molar-refractivity contribution is -0.139. The first kappa shape index (κ1) is 17.1. The number of carbonyl (C=O) groups is 1. The predicted octanol–water partition coefficient (Wildman–Crippen LogP) is 3.12. The van der Waals surface area contributed by atoms with Gasteiger partial charge in [0.15, 0.2) is 0 Å². The largest absolute Gasteiger partial charge is 0.493 e. The molecule has 5 nitrogen and oxygen atoms in total. The Morgan fingerprint density at radius 1 is 1.31 bits per heavy atom. The Bertz CT molecular complexity index is 741. The number of amides is 1. The van der Waals surface area contributed by atoms with Gasteiger partial charge in [0.2, 0.25) is 5.91 Å². The minimum atomic E-state index is -0.265. The van der Waals surface area contributed by atoms with Crippen molar-refractivity contribution in [1.29, 1.82) is 0 Å². The first-order chi connectivity index (χ1) is 12.6. The molecular weight excluding hydrogens is 333 g/mol. The van der Waals surface area contributed by atoms with E-state index in [1.54, 1.807) is 18.3 Å². The fourth-order valence-corrected chi connectivity index (χ4v) is 3.76. The van der Waals surface area contributed by atoms with Crippen LogP contribution < -0.4 is 4.74 Å². The van der Waals surface area contributed by atoms with Crippen molar-refractivity contribution < 1.29 is 13.9 Å². The van der Waals surface area contributed by atoms with Crippen LogP contribution in [0.15, 0.2) is 42.7 Å². The zero-order valence-electron chi connectivity index (χ0n) is 14.8. The second-order valence-electron chi connectivity index (χ2n) is 7.51. The van der Waals surface area contributed by atoms with Gasteiger partial charge in [-0.3, -0.25) is 9.48 Å². The molecule has 1 atom stereocenters. The molecule has 1 unspecified atom stereocenters. The minimum Gasteiger partial charge on any atom is -0.493 e. The standard InChI is InChI=1S/C20H24FN3O2/c21-17-4-6-18(7-5-17)26-14-16-3-1-11-23(13-16)19(25)20(8-9-20)15-24-12-2-10-22-24/h2,4-7,10,12,16H,1,3,8-9,11,13-15H2. The summed E-state index contributed by atoms with van der Waals surface area (Å²) in [5, 5.41) is 4.25. The third kappa shape index (κ3) is 3.74. The van der Waals surface area contributed by atoms with Crippen LogP contribution in [0.4, 0.5) is 4.39 Å². The van der Waals surface area contributed by atoms with Crippen molar-refractivity contribution in [3.05, 3.63) is 48.5 Å². The fraction of sp³-hybridized carbons (Fsp3) is 0.500. The van der Waals surface area contributed by atoms with E-state index in [2.05, 4.69) is 5.10 Å². The van der Waals surface area contributed by atoms with E-state index < -0.39 is 0 Å². The van der Waals surface area contributed by atoms with Crippen LogP contribution in [0.5, 0.6) is 5.75 Å². The molecule has 4 rings (SSSR count). The van der Waals surface area contributed by atoms with Crippen LogP contribution >= 0.6 is 0 Å². The third-order valence-electron chi connectivity index (χ3n) is 5.44. The smallest absolute Gasteiger partial charge is 0.230 e. The third-order valence-corrected chi connectivity index (χ3v) is 5.44. The SMILES string of the molecule is O=C(N1CCCC(COc2ccc(F)cc2)C1)C1(Cn2cccn2)CC1. The molecule has 2 aliphatic rings. The number of halogens is 1. The number of benzene rings is 1. The molecule has 1 aliphatic carbocycles. The Balaban J connectivity index is 1.33. The maximum Gasteiger partial charge on any atom is 0.230 e. The molecule has 0 spiro atoms. The van der Waals surface area contributed by atoms with Crippen LogP contribution in [0, 0.1) is 17.2 Å². The normalized spacial score (nSPS) is 21.4. The van der Waals surface area contributed by atoms with Gasteiger partial charge in [-0.25, -0.2) is 4.39 Å². The highest BCUT2D eigenvalue weighted by molar-refractivity contribution is 5.85. The second kappa shape index (κ2) is 7.09. The van der Waals surface area contributed by atoms with Crippen molar-refractivity contribution in [3.8, 4) is 5.75 Å². The number of carbonyl (C=O) groups excluding carboxylic acids is 1. The van der Waals surface area contributed by atoms with Crippen molar-refractivity contribution in [2.45, 2.75) is 32.2 Å². The van der Waals surface area contributed by atoms with E-state index >= 15 is 0 Å². The summed E-state index contributed by atoms with van der Waals surface area (Å²) in [6, 6.07) is 7.98. The van der Waals surface area contributed by atoms with Gasteiger partial charge in [-0.2, -0.15) is 5.10 Å². The summed E-state index contributed by atoms with van der Waals surface area (Å²) in [6.07, 6.45) is 7.61. The fourth-order valence-electron chi connectivity index (χ4n) is 3.76. The average Bonchev–Trinajstić information content (AvgIpc) is 3.26. The topological polar surface area (TPSA) is 47.4 Å². The molecule has 1 aliphatic heterocycles. The molecule has 1 saturated heterocycles. The van der Waals surface area contributed by atoms with Crippen molar-refractivity contribution in [1.82, 2.24) is 14.7 Å². The molecule has 26 heavy (non-hydrogen) atoms. The van der Waals surface area contributed by atoms with Crippen LogP contribution in [-0.4, -0.2) is 40.3 Å². The van der Waals surface area contributed by atoms with E-state index in [4.69, 9.17) is 4.74 Å². The summed E-state index contributed by atoms with van der Waals surface area (Å²) < 4.78 is 20.6. The highest BCUT2D eigenvalue weighted by atomic mass is 19.1. The molecule has 1 aromatic heterocycles. The molecular formula is C20H24FN3O2. The van der Waals surface area contributed by atoms with Gasteiger partial charge in [0.1, 0.15) is 11.6 Å². The molecule has 6 heteroatoms. The molecule has 2 fully saturated rings. The molecule has 0 radical (unpaired) electrons. The summed E-state index contributed by atoms with van der Waals surface area (Å²) in [5.41, 5.74) is -0.258. The first-order valence-electron chi connectivity index (χ1n) is 9.30. The molecule has 0 bridgehead atoms. The Morgan fingerprint density at radius 2 is 2.12 bits per heavy atom. The van der Waals surface area contributed by atoms with Gasteiger partial charge in [-0.05, 0) is 56.0 Å². The summed E-state index contributed by atoms with van der Waals surface area (Å²) >= 11 is 0. The predicted molar refractivity (Wildman–Crippen MR) is 95.1 cm³/mol. The molecule has 138 valence electrons. The summed E-state index contributed by atoms with van der Waals surface area (Å²) in [7, 11) is 0. The van der Waals surface area contributed by atoms with Crippen LogP contribution in [0.25, 0.3) is 0 Å². The zero-order chi connectivity index (χ0) is 18.0. The van der Waals surface area contributed by atoms with Gasteiger partial charge in [-0.1, -0.05) is 0 Å². The lowest BCUT2D eigenvalue weighted by atomic mass is 9.96. The monoisotopic (exact) mass is 357 g/mol. The van der Waals surface area contributed by atoms with Crippen LogP contribution in [0.2, 0.25) is 0 Å². The second-order valence-corrected chi connectivity index (χ2v) is 7.51. The summed E-state index contributed by atoms with van der Waals surface area (Å²) in [5.74, 6) is 0.989. The number of rotatable bonds is 6. The van der Waals surface area contributed by atoms with Crippen LogP contribution in [-0.2, 0) is 11.3 Å². The van der Waals surface area contributed by atoms with Gasteiger partial charge in [0.25, 0.3) is 0 Å². The number of ether oxygens (including phenoxy) is 1. The highest BCUT2D eigenvalue weighted by Gasteiger charge is 2.52. The van der Waals surface area contributed by atoms with Gasteiger partial charge >= 0.3 is 0 Å². The lowest BCUT2D eigenvalue weighted by Crippen LogP contribution is -2.46. The zero-order valence-corrected chi connectivity index (χ0v) is 14.8. The molecule has 2 heterocycles. The number of nitrogens with zero attached hydrogens (tertiary/aromatic N) is 3. The molecule has 1 aromatic carbocycles. The molecule has 0 N–H and O–H groups in total. The lowest BCUT2D eigenvalue weighted by Gasteiger charge is -2.35. The van der Waals surface area contributed by atoms with Gasteiger partial charge in [-0.15, -0.1) is 0 Å². The quantitative estimate of drug-likeness (QED) is 0.798. The number of piperidine rings is 1. The van der Waals surface area contributed by atoms with E-state index in [1.165, 1.54) is 12.1 Å². The maximum absolute atomic E-state index is 13.1. The molecule has 2 aromatic rings. The summed E-state index contributed by atoms with van der Waals surface area (Å²) in [6.45, 7) is 2.79. The average molecular weight is 357 g/mol. The Labute approximate surface area is 152 Å². The van der Waals surface area contributed by atoms with Crippen molar-refractivity contribution in [2.75, 3.05) is 19.7 Å². The van der Waals surface area contributed by atoms with Crippen molar-refractivity contribution >= 4 is 5.91 Å². The molecule has 1 amide bonds. The Morgan fingerprint density at radius 3 is 2.81 bits per heavy atom. The first-order valence-corrected chi connectivity index (χ1v) is 9.30. The maximum atomic E-state index is 13.1. The van der Waals surface area contributed by atoms with Crippen molar-refractivity contribution in [2.24, 2.45) is 11.3 Å². The van der Waals surface area contributed by atoms with Crippen LogP contribution in [0.1, 0.15) is 25.7 Å².